The summed E-state index contributed by atoms with van der Waals surface area (Å²) in [6, 6.07) is 14.9. The zero-order valence-corrected chi connectivity index (χ0v) is 22.9. The number of piperazine rings is 1. The predicted octanol–water partition coefficient (Wildman–Crippen LogP) is 5.58. The van der Waals surface area contributed by atoms with E-state index in [2.05, 4.69) is 31.0 Å². The maximum atomic E-state index is 13.8. The molecule has 0 aromatic heterocycles. The van der Waals surface area contributed by atoms with Gasteiger partial charge in [0, 0.05) is 28.8 Å². The van der Waals surface area contributed by atoms with Gasteiger partial charge in [0.1, 0.15) is 16.5 Å². The summed E-state index contributed by atoms with van der Waals surface area (Å²) in [5.74, 6) is -0.192. The van der Waals surface area contributed by atoms with Crippen molar-refractivity contribution >= 4 is 51.9 Å². The van der Waals surface area contributed by atoms with E-state index in [0.717, 1.165) is 22.0 Å². The summed E-state index contributed by atoms with van der Waals surface area (Å²) >= 11 is 13.8. The van der Waals surface area contributed by atoms with Crippen LogP contribution in [0.4, 0.5) is 0 Å². The van der Waals surface area contributed by atoms with Crippen LogP contribution in [0, 0.1) is 5.92 Å². The second-order valence-corrected chi connectivity index (χ2v) is 11.7. The summed E-state index contributed by atoms with van der Waals surface area (Å²) in [5, 5.41) is 4.95. The topological polar surface area (TPSA) is 65.0 Å². The largest absolute Gasteiger partial charge is 0.353 e. The van der Waals surface area contributed by atoms with E-state index in [0.29, 0.717) is 28.0 Å². The molecule has 2 amide bonds. The Labute approximate surface area is 225 Å². The Hall–Kier alpha value is -2.48. The molecular formula is C27H28Cl2N4O2S. The fourth-order valence-electron chi connectivity index (χ4n) is 5.25. The standard InChI is InChI=1S/C27H28Cl2N4O2S/c1-15(2)21-22(25(35)32-14-13-30-24(34)16(32)3)36-26-31-27(4,18-7-11-20(29)12-8-18)23(33(21)26)17-5-9-19(28)10-6-17/h5-12,15-16,23H,13-14H2,1-4H3,(H,30,34)/t16-,23+,27-/m0/s1. The summed E-state index contributed by atoms with van der Waals surface area (Å²) in [5.41, 5.74) is 2.40. The van der Waals surface area contributed by atoms with Crippen molar-refractivity contribution in [3.05, 3.63) is 80.3 Å². The van der Waals surface area contributed by atoms with Gasteiger partial charge in [-0.3, -0.25) is 9.59 Å². The molecule has 1 saturated heterocycles. The van der Waals surface area contributed by atoms with Crippen LogP contribution in [0.5, 0.6) is 0 Å². The molecule has 1 N–H and O–H groups in total. The van der Waals surface area contributed by atoms with Crippen molar-refractivity contribution in [1.82, 2.24) is 15.1 Å². The van der Waals surface area contributed by atoms with Crippen molar-refractivity contribution in [2.45, 2.75) is 45.3 Å². The number of carbonyl (C=O) groups is 2. The number of halogens is 2. The SMILES string of the molecule is CC(C)C1=C(C(=O)N2CCNC(=O)[C@@H]2C)SC2=N[C@@](C)(c3ccc(Cl)cc3)[C@@H](c3ccc(Cl)cc3)N21. The highest BCUT2D eigenvalue weighted by Crippen LogP contribution is 2.56. The van der Waals surface area contributed by atoms with E-state index in [1.807, 2.05) is 48.5 Å². The normalized spacial score (nSPS) is 25.9. The van der Waals surface area contributed by atoms with Crippen molar-refractivity contribution in [2.75, 3.05) is 13.1 Å². The number of amides is 2. The highest BCUT2D eigenvalue weighted by Gasteiger charge is 2.53. The van der Waals surface area contributed by atoms with Crippen LogP contribution >= 0.6 is 35.0 Å². The molecule has 188 valence electrons. The van der Waals surface area contributed by atoms with E-state index in [9.17, 15) is 9.59 Å². The maximum Gasteiger partial charge on any atom is 0.263 e. The third-order valence-electron chi connectivity index (χ3n) is 7.13. The van der Waals surface area contributed by atoms with Gasteiger partial charge in [0.05, 0.1) is 6.04 Å². The Balaban J connectivity index is 1.63. The first kappa shape index (κ1) is 25.2. The second-order valence-electron chi connectivity index (χ2n) is 9.81. The van der Waals surface area contributed by atoms with Crippen LogP contribution in [0.1, 0.15) is 44.9 Å². The fourth-order valence-corrected chi connectivity index (χ4v) is 6.87. The lowest BCUT2D eigenvalue weighted by Gasteiger charge is -2.37. The quantitative estimate of drug-likeness (QED) is 0.547. The molecule has 0 unspecified atom stereocenters. The lowest BCUT2D eigenvalue weighted by atomic mass is 9.81. The Morgan fingerprint density at radius 2 is 1.72 bits per heavy atom. The summed E-state index contributed by atoms with van der Waals surface area (Å²) < 4.78 is 0. The molecule has 3 aliphatic rings. The molecule has 3 aliphatic heterocycles. The highest BCUT2D eigenvalue weighted by molar-refractivity contribution is 8.18. The van der Waals surface area contributed by atoms with Crippen LogP contribution in [0.3, 0.4) is 0 Å². The number of carbonyl (C=O) groups excluding carboxylic acids is 2. The first-order valence-corrected chi connectivity index (χ1v) is 13.6. The molecule has 2 aromatic carbocycles. The zero-order valence-electron chi connectivity index (χ0n) is 20.6. The van der Waals surface area contributed by atoms with Gasteiger partial charge in [0.15, 0.2) is 5.17 Å². The molecule has 5 rings (SSSR count). The number of amidine groups is 1. The van der Waals surface area contributed by atoms with E-state index >= 15 is 0 Å². The van der Waals surface area contributed by atoms with Crippen molar-refractivity contribution < 1.29 is 9.59 Å². The van der Waals surface area contributed by atoms with Crippen molar-refractivity contribution in [2.24, 2.45) is 10.9 Å². The number of rotatable bonds is 4. The molecule has 0 bridgehead atoms. The molecule has 0 radical (unpaired) electrons. The number of nitrogens with one attached hydrogen (secondary N) is 1. The molecule has 0 saturated carbocycles. The smallest absolute Gasteiger partial charge is 0.263 e. The predicted molar refractivity (Wildman–Crippen MR) is 146 cm³/mol. The molecule has 0 aliphatic carbocycles. The minimum absolute atomic E-state index is 0.0560. The molecule has 3 atom stereocenters. The van der Waals surface area contributed by atoms with Crippen molar-refractivity contribution in [1.29, 1.82) is 0 Å². The molecule has 6 nitrogen and oxygen atoms in total. The summed E-state index contributed by atoms with van der Waals surface area (Å²) in [7, 11) is 0. The minimum Gasteiger partial charge on any atom is -0.353 e. The zero-order chi connectivity index (χ0) is 25.8. The molecule has 1 fully saturated rings. The van der Waals surface area contributed by atoms with Crippen LogP contribution in [0.15, 0.2) is 64.1 Å². The Morgan fingerprint density at radius 3 is 2.33 bits per heavy atom. The molecule has 3 heterocycles. The second kappa shape index (κ2) is 9.43. The number of aliphatic imine (C=N–C) groups is 1. The lowest BCUT2D eigenvalue weighted by molar-refractivity contribution is -0.139. The Kier molecular flexibility index (Phi) is 6.60. The van der Waals surface area contributed by atoms with E-state index in [-0.39, 0.29) is 23.8 Å². The van der Waals surface area contributed by atoms with Crippen molar-refractivity contribution in [3.63, 3.8) is 0 Å². The maximum absolute atomic E-state index is 13.8. The number of hydrogen-bond donors (Lipinski definition) is 1. The van der Waals surface area contributed by atoms with E-state index < -0.39 is 11.6 Å². The fraction of sp³-hybridized carbons (Fsp3) is 0.370. The molecule has 0 spiro atoms. The van der Waals surface area contributed by atoms with E-state index in [1.165, 1.54) is 11.8 Å². The Bertz CT molecular complexity index is 1280. The average Bonchev–Trinajstić information content (AvgIpc) is 3.34. The summed E-state index contributed by atoms with van der Waals surface area (Å²) in [4.78, 5) is 35.9. The lowest BCUT2D eigenvalue weighted by Crippen LogP contribution is -2.56. The average molecular weight is 544 g/mol. The van der Waals surface area contributed by atoms with Crippen LogP contribution in [-0.2, 0) is 15.1 Å². The van der Waals surface area contributed by atoms with Crippen LogP contribution in [-0.4, -0.2) is 45.9 Å². The van der Waals surface area contributed by atoms with Gasteiger partial charge in [-0.05, 0) is 66.9 Å². The van der Waals surface area contributed by atoms with Gasteiger partial charge in [-0.15, -0.1) is 0 Å². The van der Waals surface area contributed by atoms with Gasteiger partial charge in [0.25, 0.3) is 5.91 Å². The van der Waals surface area contributed by atoms with Crippen LogP contribution in [0.25, 0.3) is 0 Å². The number of nitrogens with zero attached hydrogens (tertiary/aromatic N) is 3. The van der Waals surface area contributed by atoms with Gasteiger partial charge in [-0.25, -0.2) is 4.99 Å². The highest BCUT2D eigenvalue weighted by atomic mass is 35.5. The molecule has 36 heavy (non-hydrogen) atoms. The Morgan fingerprint density at radius 1 is 1.11 bits per heavy atom. The number of thioether (sulfide) groups is 1. The summed E-state index contributed by atoms with van der Waals surface area (Å²) in [6.07, 6.45) is 0. The van der Waals surface area contributed by atoms with E-state index in [1.54, 1.807) is 11.8 Å². The van der Waals surface area contributed by atoms with Gasteiger partial charge >= 0.3 is 0 Å². The van der Waals surface area contributed by atoms with E-state index in [4.69, 9.17) is 28.2 Å². The first-order valence-electron chi connectivity index (χ1n) is 12.0. The number of allylic oxidation sites excluding steroid dienone is 1. The number of hydrogen-bond acceptors (Lipinski definition) is 5. The van der Waals surface area contributed by atoms with Crippen LogP contribution < -0.4 is 5.32 Å². The third kappa shape index (κ3) is 4.11. The monoisotopic (exact) mass is 542 g/mol. The van der Waals surface area contributed by atoms with Gasteiger partial charge in [-0.1, -0.05) is 61.3 Å². The molecule has 9 heteroatoms. The van der Waals surface area contributed by atoms with Gasteiger partial charge in [0.2, 0.25) is 5.91 Å². The van der Waals surface area contributed by atoms with Crippen molar-refractivity contribution in [3.8, 4) is 0 Å². The number of fused-ring (bicyclic) bond motifs is 1. The molecule has 2 aromatic rings. The number of benzene rings is 2. The van der Waals surface area contributed by atoms with Gasteiger partial charge in [-0.2, -0.15) is 0 Å². The molecular weight excluding hydrogens is 515 g/mol. The first-order chi connectivity index (χ1) is 17.1. The minimum atomic E-state index is -0.617. The van der Waals surface area contributed by atoms with Gasteiger partial charge < -0.3 is 15.1 Å². The third-order valence-corrected chi connectivity index (χ3v) is 8.69. The summed E-state index contributed by atoms with van der Waals surface area (Å²) in [6.45, 7) is 9.02. The van der Waals surface area contributed by atoms with Crippen LogP contribution in [0.2, 0.25) is 10.0 Å².